The summed E-state index contributed by atoms with van der Waals surface area (Å²) in [6.45, 7) is -0.0749. The number of thiazole rings is 1. The first-order valence-corrected chi connectivity index (χ1v) is 10.9. The number of aliphatic hydroxyl groups is 1. The van der Waals surface area contributed by atoms with Gasteiger partial charge in [0.25, 0.3) is 0 Å². The van der Waals surface area contributed by atoms with Crippen LogP contribution in [0.4, 0.5) is 9.59 Å². The van der Waals surface area contributed by atoms with E-state index in [1.165, 1.54) is 16.2 Å². The average molecular weight is 456 g/mol. The summed E-state index contributed by atoms with van der Waals surface area (Å²) in [4.78, 5) is 30.5. The highest BCUT2D eigenvalue weighted by Crippen LogP contribution is 2.19. The van der Waals surface area contributed by atoms with E-state index in [1.807, 2.05) is 60.7 Å². The minimum atomic E-state index is -1.18. The van der Waals surface area contributed by atoms with Crippen molar-refractivity contribution in [3.8, 4) is 0 Å². The summed E-state index contributed by atoms with van der Waals surface area (Å²) in [5.41, 5.74) is 8.50. The highest BCUT2D eigenvalue weighted by molar-refractivity contribution is 7.09. The Bertz CT molecular complexity index is 970. The van der Waals surface area contributed by atoms with Crippen molar-refractivity contribution >= 4 is 23.5 Å². The van der Waals surface area contributed by atoms with Crippen molar-refractivity contribution < 1.29 is 24.2 Å². The fraction of sp³-hybridized carbons (Fsp3) is 0.261. The van der Waals surface area contributed by atoms with E-state index in [1.54, 1.807) is 11.7 Å². The molecule has 0 aliphatic rings. The number of rotatable bonds is 10. The third-order valence-corrected chi connectivity index (χ3v) is 5.53. The van der Waals surface area contributed by atoms with Crippen molar-refractivity contribution in [2.24, 2.45) is 5.73 Å². The fourth-order valence-corrected chi connectivity index (χ4v) is 3.72. The van der Waals surface area contributed by atoms with Crippen molar-refractivity contribution in [3.63, 3.8) is 0 Å². The quantitative estimate of drug-likeness (QED) is 0.484. The van der Waals surface area contributed by atoms with Crippen LogP contribution in [0, 0.1) is 0 Å². The van der Waals surface area contributed by atoms with Crippen LogP contribution < -0.4 is 5.73 Å². The number of benzene rings is 2. The molecule has 0 spiro atoms. The molecule has 2 amide bonds. The molecule has 1 aromatic heterocycles. The van der Waals surface area contributed by atoms with Crippen molar-refractivity contribution in [2.75, 3.05) is 6.61 Å². The van der Waals surface area contributed by atoms with Crippen LogP contribution >= 0.6 is 11.3 Å². The van der Waals surface area contributed by atoms with Crippen LogP contribution in [0.1, 0.15) is 16.0 Å². The molecule has 0 saturated heterocycles. The molecule has 0 aliphatic carbocycles. The van der Waals surface area contributed by atoms with E-state index in [-0.39, 0.29) is 19.8 Å². The molecule has 3 N–H and O–H groups in total. The van der Waals surface area contributed by atoms with Crippen LogP contribution in [-0.4, -0.2) is 45.9 Å². The van der Waals surface area contributed by atoms with Gasteiger partial charge >= 0.3 is 12.2 Å². The number of aromatic nitrogens is 1. The second-order valence-corrected chi connectivity index (χ2v) is 8.06. The highest BCUT2D eigenvalue weighted by atomic mass is 32.1. The smallest absolute Gasteiger partial charge is 0.410 e. The molecule has 0 saturated carbocycles. The predicted molar refractivity (Wildman–Crippen MR) is 120 cm³/mol. The standard InChI is InChI=1S/C23H25N3O5S/c24-22(28)30-15-21(27)20(11-17-7-3-1-4-8-17)26(13-18-9-5-2-6-10-18)23(29)31-14-19-12-25-16-32-19/h1-10,12,16,20-21,27H,11,13-15H2,(H2,24,28). The molecule has 0 bridgehead atoms. The number of nitrogens with zero attached hydrogens (tertiary/aromatic N) is 2. The third-order valence-electron chi connectivity index (χ3n) is 4.78. The SMILES string of the molecule is NC(=O)OCC(O)C(Cc1ccccc1)N(Cc1ccccc1)C(=O)OCc1cncs1. The van der Waals surface area contributed by atoms with Gasteiger partial charge in [0.2, 0.25) is 0 Å². The first-order valence-electron chi connectivity index (χ1n) is 10.0. The van der Waals surface area contributed by atoms with Crippen LogP contribution in [-0.2, 0) is 29.0 Å². The first-order chi connectivity index (χ1) is 15.5. The molecule has 2 atom stereocenters. The van der Waals surface area contributed by atoms with E-state index in [0.29, 0.717) is 6.42 Å². The molecule has 2 unspecified atom stereocenters. The van der Waals surface area contributed by atoms with Gasteiger partial charge in [0, 0.05) is 12.7 Å². The van der Waals surface area contributed by atoms with Gasteiger partial charge in [-0.05, 0) is 17.5 Å². The molecular formula is C23H25N3O5S. The molecule has 3 aromatic rings. The van der Waals surface area contributed by atoms with Gasteiger partial charge in [-0.2, -0.15) is 0 Å². The van der Waals surface area contributed by atoms with Gasteiger partial charge in [0.05, 0.1) is 16.4 Å². The lowest BCUT2D eigenvalue weighted by atomic mass is 9.99. The maximum absolute atomic E-state index is 13.2. The van der Waals surface area contributed by atoms with Gasteiger partial charge in [0.1, 0.15) is 19.3 Å². The minimum Gasteiger partial charge on any atom is -0.447 e. The predicted octanol–water partition coefficient (Wildman–Crippen LogP) is 3.35. The molecule has 2 aromatic carbocycles. The van der Waals surface area contributed by atoms with Gasteiger partial charge in [0.15, 0.2) is 0 Å². The van der Waals surface area contributed by atoms with E-state index >= 15 is 0 Å². The Kier molecular flexibility index (Phi) is 8.59. The Morgan fingerprint density at radius 3 is 2.28 bits per heavy atom. The van der Waals surface area contributed by atoms with Crippen LogP contribution in [0.3, 0.4) is 0 Å². The Hall–Kier alpha value is -3.43. The molecular weight excluding hydrogens is 430 g/mol. The maximum Gasteiger partial charge on any atom is 0.410 e. The summed E-state index contributed by atoms with van der Waals surface area (Å²) < 4.78 is 10.4. The molecule has 32 heavy (non-hydrogen) atoms. The Labute approximate surface area is 190 Å². The second-order valence-electron chi connectivity index (χ2n) is 7.09. The molecule has 1 heterocycles. The summed E-state index contributed by atoms with van der Waals surface area (Å²) in [6, 6.07) is 18.1. The summed E-state index contributed by atoms with van der Waals surface area (Å²) in [5, 5.41) is 10.9. The third kappa shape index (κ3) is 7.07. The van der Waals surface area contributed by atoms with Gasteiger partial charge in [-0.15, -0.1) is 11.3 Å². The number of amides is 2. The van der Waals surface area contributed by atoms with Gasteiger partial charge in [-0.1, -0.05) is 60.7 Å². The van der Waals surface area contributed by atoms with Crippen LogP contribution in [0.25, 0.3) is 0 Å². The van der Waals surface area contributed by atoms with Crippen LogP contribution in [0.5, 0.6) is 0 Å². The number of primary amides is 1. The average Bonchev–Trinajstić information content (AvgIpc) is 3.33. The number of aliphatic hydroxyl groups excluding tert-OH is 1. The lowest BCUT2D eigenvalue weighted by Gasteiger charge is -2.34. The number of hydrogen-bond donors (Lipinski definition) is 2. The summed E-state index contributed by atoms with van der Waals surface area (Å²) in [6.07, 6.45) is -0.808. The van der Waals surface area contributed by atoms with E-state index in [9.17, 15) is 14.7 Å². The van der Waals surface area contributed by atoms with Crippen molar-refractivity contribution in [1.82, 2.24) is 9.88 Å². The van der Waals surface area contributed by atoms with E-state index < -0.39 is 24.3 Å². The number of carbonyl (C=O) groups is 2. The molecule has 168 valence electrons. The second kappa shape index (κ2) is 11.8. The van der Waals surface area contributed by atoms with E-state index in [0.717, 1.165) is 16.0 Å². The molecule has 0 fully saturated rings. The van der Waals surface area contributed by atoms with Crippen molar-refractivity contribution in [2.45, 2.75) is 31.7 Å². The Balaban J connectivity index is 1.86. The molecule has 3 rings (SSSR count). The van der Waals surface area contributed by atoms with Crippen LogP contribution in [0.15, 0.2) is 72.4 Å². The molecule has 0 aliphatic heterocycles. The summed E-state index contributed by atoms with van der Waals surface area (Å²) in [7, 11) is 0. The monoisotopic (exact) mass is 455 g/mol. The largest absolute Gasteiger partial charge is 0.447 e. The fourth-order valence-electron chi connectivity index (χ4n) is 3.21. The van der Waals surface area contributed by atoms with Crippen LogP contribution in [0.2, 0.25) is 0 Å². The molecule has 9 heteroatoms. The van der Waals surface area contributed by atoms with Crippen molar-refractivity contribution in [3.05, 3.63) is 88.4 Å². The number of nitrogens with two attached hydrogens (primary N) is 1. The summed E-state index contributed by atoms with van der Waals surface area (Å²) in [5.74, 6) is 0. The lowest BCUT2D eigenvalue weighted by molar-refractivity contribution is -0.00189. The van der Waals surface area contributed by atoms with Gasteiger partial charge < -0.3 is 20.3 Å². The zero-order chi connectivity index (χ0) is 22.8. The lowest BCUT2D eigenvalue weighted by Crippen LogP contribution is -2.50. The number of ether oxygens (including phenoxy) is 2. The van der Waals surface area contributed by atoms with Gasteiger partial charge in [-0.3, -0.25) is 9.88 Å². The van der Waals surface area contributed by atoms with Gasteiger partial charge in [-0.25, -0.2) is 9.59 Å². The zero-order valence-electron chi connectivity index (χ0n) is 17.4. The zero-order valence-corrected chi connectivity index (χ0v) is 18.2. The molecule has 8 nitrogen and oxygen atoms in total. The Morgan fingerprint density at radius 1 is 1.03 bits per heavy atom. The normalized spacial score (nSPS) is 12.5. The highest BCUT2D eigenvalue weighted by Gasteiger charge is 2.32. The van der Waals surface area contributed by atoms with E-state index in [4.69, 9.17) is 15.2 Å². The number of hydrogen-bond acceptors (Lipinski definition) is 7. The number of carbonyl (C=O) groups excluding carboxylic acids is 2. The van der Waals surface area contributed by atoms with Crippen molar-refractivity contribution in [1.29, 1.82) is 0 Å². The molecule has 0 radical (unpaired) electrons. The Morgan fingerprint density at radius 2 is 1.69 bits per heavy atom. The maximum atomic E-state index is 13.2. The first kappa shape index (κ1) is 23.2. The summed E-state index contributed by atoms with van der Waals surface area (Å²) >= 11 is 1.38. The topological polar surface area (TPSA) is 115 Å². The van der Waals surface area contributed by atoms with E-state index in [2.05, 4.69) is 4.98 Å². The minimum absolute atomic E-state index is 0.0702.